The number of carbonyl (C=O) groups is 1. The molecule has 0 aliphatic carbocycles. The summed E-state index contributed by atoms with van der Waals surface area (Å²) in [4.78, 5) is 11.4. The highest BCUT2D eigenvalue weighted by Crippen LogP contribution is 2.26. The van der Waals surface area contributed by atoms with Crippen LogP contribution in [0.15, 0.2) is 22.7 Å². The van der Waals surface area contributed by atoms with E-state index in [0.717, 1.165) is 10.2 Å². The molecule has 6 heteroatoms. The zero-order chi connectivity index (χ0) is 14.5. The van der Waals surface area contributed by atoms with E-state index in [4.69, 9.17) is 10.5 Å². The number of hydrogen-bond donors (Lipinski definition) is 3. The Kier molecular flexibility index (Phi) is 5.47. The molecule has 1 aromatic carbocycles. The summed E-state index contributed by atoms with van der Waals surface area (Å²) in [6.07, 6.45) is -0.420. The maximum Gasteiger partial charge on any atom is 0.407 e. The van der Waals surface area contributed by atoms with Crippen LogP contribution in [0.4, 0.5) is 16.2 Å². The van der Waals surface area contributed by atoms with Gasteiger partial charge in [0, 0.05) is 17.6 Å². The molecule has 4 N–H and O–H groups in total. The molecular weight excluding hydrogens is 310 g/mol. The Morgan fingerprint density at radius 2 is 2.05 bits per heavy atom. The van der Waals surface area contributed by atoms with Crippen molar-refractivity contribution in [3.05, 3.63) is 22.7 Å². The van der Waals surface area contributed by atoms with Crippen LogP contribution in [0, 0.1) is 0 Å². The number of benzene rings is 1. The molecule has 1 amide bonds. The van der Waals surface area contributed by atoms with E-state index in [1.54, 1.807) is 0 Å². The molecule has 0 unspecified atom stereocenters. The van der Waals surface area contributed by atoms with Gasteiger partial charge in [-0.15, -0.1) is 0 Å². The maximum atomic E-state index is 11.4. The lowest BCUT2D eigenvalue weighted by molar-refractivity contribution is 0.0530. The highest BCUT2D eigenvalue weighted by atomic mass is 79.9. The van der Waals surface area contributed by atoms with Gasteiger partial charge in [-0.3, -0.25) is 0 Å². The van der Waals surface area contributed by atoms with Gasteiger partial charge in [0.1, 0.15) is 5.60 Å². The monoisotopic (exact) mass is 329 g/mol. The van der Waals surface area contributed by atoms with Crippen LogP contribution in [0.25, 0.3) is 0 Å². The summed E-state index contributed by atoms with van der Waals surface area (Å²) in [6, 6.07) is 5.65. The molecule has 0 bridgehead atoms. The normalized spacial score (nSPS) is 10.9. The third-order valence-corrected chi connectivity index (χ3v) is 2.85. The summed E-state index contributed by atoms with van der Waals surface area (Å²) in [7, 11) is 0. The van der Waals surface area contributed by atoms with Crippen molar-refractivity contribution in [1.82, 2.24) is 5.32 Å². The zero-order valence-corrected chi connectivity index (χ0v) is 13.0. The fourth-order valence-corrected chi connectivity index (χ4v) is 1.73. The molecule has 0 spiro atoms. The summed E-state index contributed by atoms with van der Waals surface area (Å²) in [5, 5.41) is 5.81. The SMILES string of the molecule is CC(C)(C)OC(=O)NCCNc1cccc(Br)c1N. The number of nitrogens with two attached hydrogens (primary N) is 1. The lowest BCUT2D eigenvalue weighted by Gasteiger charge is -2.19. The van der Waals surface area contributed by atoms with E-state index >= 15 is 0 Å². The lowest BCUT2D eigenvalue weighted by Crippen LogP contribution is -2.35. The van der Waals surface area contributed by atoms with Gasteiger partial charge in [-0.05, 0) is 48.8 Å². The van der Waals surface area contributed by atoms with E-state index in [1.807, 2.05) is 39.0 Å². The Balaban J connectivity index is 2.32. The second-order valence-corrected chi connectivity index (χ2v) is 5.91. The van der Waals surface area contributed by atoms with Gasteiger partial charge in [-0.2, -0.15) is 0 Å². The first-order valence-corrected chi connectivity index (χ1v) is 6.83. The number of rotatable bonds is 4. The van der Waals surface area contributed by atoms with E-state index in [0.29, 0.717) is 18.8 Å². The number of para-hydroxylation sites is 1. The second kappa shape index (κ2) is 6.65. The first-order valence-electron chi connectivity index (χ1n) is 6.04. The smallest absolute Gasteiger partial charge is 0.407 e. The van der Waals surface area contributed by atoms with Gasteiger partial charge in [0.15, 0.2) is 0 Å². The number of hydrogen-bond acceptors (Lipinski definition) is 4. The van der Waals surface area contributed by atoms with Gasteiger partial charge in [-0.1, -0.05) is 6.07 Å². The van der Waals surface area contributed by atoms with Gasteiger partial charge < -0.3 is 21.1 Å². The number of carbonyl (C=O) groups excluding carboxylic acids is 1. The molecule has 1 aromatic rings. The van der Waals surface area contributed by atoms with Gasteiger partial charge in [0.05, 0.1) is 11.4 Å². The minimum absolute atomic E-state index is 0.420. The number of halogens is 1. The number of ether oxygens (including phenoxy) is 1. The van der Waals surface area contributed by atoms with Crippen molar-refractivity contribution in [3.8, 4) is 0 Å². The molecule has 19 heavy (non-hydrogen) atoms. The molecular formula is C13H20BrN3O2. The second-order valence-electron chi connectivity index (χ2n) is 5.06. The molecule has 5 nitrogen and oxygen atoms in total. The quantitative estimate of drug-likeness (QED) is 0.586. The summed E-state index contributed by atoms with van der Waals surface area (Å²) < 4.78 is 5.97. The molecule has 0 radical (unpaired) electrons. The van der Waals surface area contributed by atoms with Gasteiger partial charge in [0.2, 0.25) is 0 Å². The Labute approximate surface area is 122 Å². The number of nitrogen functional groups attached to an aromatic ring is 1. The Morgan fingerprint density at radius 3 is 2.68 bits per heavy atom. The van der Waals surface area contributed by atoms with Crippen molar-refractivity contribution in [1.29, 1.82) is 0 Å². The summed E-state index contributed by atoms with van der Waals surface area (Å²) >= 11 is 3.36. The van der Waals surface area contributed by atoms with Crippen LogP contribution < -0.4 is 16.4 Å². The number of amides is 1. The molecule has 0 heterocycles. The van der Waals surface area contributed by atoms with Crippen molar-refractivity contribution in [2.24, 2.45) is 0 Å². The van der Waals surface area contributed by atoms with Crippen LogP contribution >= 0.6 is 15.9 Å². The summed E-state index contributed by atoms with van der Waals surface area (Å²) in [5.74, 6) is 0. The van der Waals surface area contributed by atoms with Gasteiger partial charge in [0.25, 0.3) is 0 Å². The fraction of sp³-hybridized carbons (Fsp3) is 0.462. The average Bonchev–Trinajstić information content (AvgIpc) is 2.27. The van der Waals surface area contributed by atoms with E-state index in [-0.39, 0.29) is 0 Å². The van der Waals surface area contributed by atoms with Crippen molar-refractivity contribution in [2.45, 2.75) is 26.4 Å². The molecule has 0 aliphatic rings. The largest absolute Gasteiger partial charge is 0.444 e. The standard InChI is InChI=1S/C13H20BrN3O2/c1-13(2,3)19-12(18)17-8-7-16-10-6-4-5-9(14)11(10)15/h4-6,16H,7-8,15H2,1-3H3,(H,17,18). The number of nitrogens with one attached hydrogen (secondary N) is 2. The minimum Gasteiger partial charge on any atom is -0.444 e. The number of alkyl carbamates (subject to hydrolysis) is 1. The van der Waals surface area contributed by atoms with Crippen molar-refractivity contribution in [3.63, 3.8) is 0 Å². The predicted octanol–water partition coefficient (Wildman–Crippen LogP) is 2.97. The molecule has 0 fully saturated rings. The number of anilines is 2. The van der Waals surface area contributed by atoms with Gasteiger partial charge >= 0.3 is 6.09 Å². The third-order valence-electron chi connectivity index (χ3n) is 2.16. The lowest BCUT2D eigenvalue weighted by atomic mass is 10.2. The topological polar surface area (TPSA) is 76.4 Å². The van der Waals surface area contributed by atoms with Crippen LogP contribution in [0.5, 0.6) is 0 Å². The molecule has 0 saturated carbocycles. The van der Waals surface area contributed by atoms with Crippen LogP contribution in [-0.4, -0.2) is 24.8 Å². The zero-order valence-electron chi connectivity index (χ0n) is 11.4. The van der Waals surface area contributed by atoms with E-state index in [9.17, 15) is 4.79 Å². The summed E-state index contributed by atoms with van der Waals surface area (Å²) in [6.45, 7) is 6.51. The Hall–Kier alpha value is -1.43. The Morgan fingerprint density at radius 1 is 1.37 bits per heavy atom. The summed E-state index contributed by atoms with van der Waals surface area (Å²) in [5.41, 5.74) is 6.89. The third kappa shape index (κ3) is 5.83. The molecule has 106 valence electrons. The fourth-order valence-electron chi connectivity index (χ4n) is 1.37. The molecule has 1 rings (SSSR count). The molecule has 0 aromatic heterocycles. The first-order chi connectivity index (χ1) is 8.79. The maximum absolute atomic E-state index is 11.4. The predicted molar refractivity (Wildman–Crippen MR) is 81.3 cm³/mol. The minimum atomic E-state index is -0.480. The van der Waals surface area contributed by atoms with Crippen LogP contribution in [0.1, 0.15) is 20.8 Å². The molecule has 0 saturated heterocycles. The van der Waals surface area contributed by atoms with Gasteiger partial charge in [-0.25, -0.2) is 4.79 Å². The van der Waals surface area contributed by atoms with Crippen LogP contribution in [0.2, 0.25) is 0 Å². The van der Waals surface area contributed by atoms with Crippen LogP contribution in [0.3, 0.4) is 0 Å². The van der Waals surface area contributed by atoms with E-state index < -0.39 is 11.7 Å². The average molecular weight is 330 g/mol. The van der Waals surface area contributed by atoms with Crippen molar-refractivity contribution >= 4 is 33.4 Å². The molecule has 0 atom stereocenters. The Bertz CT molecular complexity index is 444. The van der Waals surface area contributed by atoms with Crippen LogP contribution in [-0.2, 0) is 4.74 Å². The van der Waals surface area contributed by atoms with E-state index in [1.165, 1.54) is 0 Å². The van der Waals surface area contributed by atoms with Crippen molar-refractivity contribution in [2.75, 3.05) is 24.1 Å². The first kappa shape index (κ1) is 15.6. The van der Waals surface area contributed by atoms with E-state index in [2.05, 4.69) is 26.6 Å². The van der Waals surface area contributed by atoms with Crippen molar-refractivity contribution < 1.29 is 9.53 Å². The molecule has 0 aliphatic heterocycles. The highest BCUT2D eigenvalue weighted by Gasteiger charge is 2.15. The highest BCUT2D eigenvalue weighted by molar-refractivity contribution is 9.10.